The average Bonchev–Trinajstić information content (AvgIpc) is 2.02. The maximum Gasteiger partial charge on any atom is 0.159 e. The van der Waals surface area contributed by atoms with Crippen molar-refractivity contribution in [2.24, 2.45) is 5.41 Å². The maximum absolute atomic E-state index is 11.0. The molecule has 0 aliphatic heterocycles. The topological polar surface area (TPSA) is 46.5 Å². The number of methoxy groups -OCH3 is 1. The quantitative estimate of drug-likeness (QED) is 0.581. The summed E-state index contributed by atoms with van der Waals surface area (Å²) in [5.74, 6) is 0.0658. The standard InChI is InChI=1S/C8H15BrO3/c1-8(2,7(11)12-3)4-6(10)5-9/h7,11H,4-5H2,1-3H3. The fraction of sp³-hybridized carbons (Fsp3) is 0.875. The number of alkyl halides is 1. The number of halogens is 1. The monoisotopic (exact) mass is 238 g/mol. The summed E-state index contributed by atoms with van der Waals surface area (Å²) in [6.07, 6.45) is -0.576. The van der Waals surface area contributed by atoms with Gasteiger partial charge in [-0.15, -0.1) is 0 Å². The molecule has 1 atom stereocenters. The Bertz CT molecular complexity index is 156. The van der Waals surface area contributed by atoms with Crippen LogP contribution in [0.5, 0.6) is 0 Å². The van der Waals surface area contributed by atoms with Crippen molar-refractivity contribution in [2.75, 3.05) is 12.4 Å². The Kier molecular flexibility index (Phi) is 4.97. The first kappa shape index (κ1) is 12.1. The lowest BCUT2D eigenvalue weighted by Gasteiger charge is -2.28. The van der Waals surface area contributed by atoms with Crippen molar-refractivity contribution in [3.8, 4) is 0 Å². The second-order valence-corrected chi connectivity index (χ2v) is 3.99. The van der Waals surface area contributed by atoms with Gasteiger partial charge in [0.25, 0.3) is 0 Å². The molecule has 0 radical (unpaired) electrons. The average molecular weight is 239 g/mol. The molecule has 72 valence electrons. The summed E-state index contributed by atoms with van der Waals surface area (Å²) in [6, 6.07) is 0. The highest BCUT2D eigenvalue weighted by Crippen LogP contribution is 2.26. The van der Waals surface area contributed by atoms with Crippen molar-refractivity contribution in [2.45, 2.75) is 26.6 Å². The lowest BCUT2D eigenvalue weighted by Crippen LogP contribution is -2.33. The van der Waals surface area contributed by atoms with Crippen molar-refractivity contribution in [3.63, 3.8) is 0 Å². The van der Waals surface area contributed by atoms with E-state index in [0.717, 1.165) is 0 Å². The van der Waals surface area contributed by atoms with Gasteiger partial charge in [0.1, 0.15) is 5.78 Å². The van der Waals surface area contributed by atoms with Crippen LogP contribution >= 0.6 is 15.9 Å². The van der Waals surface area contributed by atoms with E-state index in [1.807, 2.05) is 0 Å². The van der Waals surface area contributed by atoms with E-state index < -0.39 is 11.7 Å². The zero-order valence-corrected chi connectivity index (χ0v) is 9.22. The molecule has 3 nitrogen and oxygen atoms in total. The van der Waals surface area contributed by atoms with Gasteiger partial charge in [0, 0.05) is 18.9 Å². The third-order valence-corrected chi connectivity index (χ3v) is 2.32. The van der Waals surface area contributed by atoms with E-state index in [1.54, 1.807) is 13.8 Å². The summed E-state index contributed by atoms with van der Waals surface area (Å²) >= 11 is 3.07. The largest absolute Gasteiger partial charge is 0.368 e. The molecule has 0 saturated carbocycles. The fourth-order valence-electron chi connectivity index (χ4n) is 0.962. The lowest BCUT2D eigenvalue weighted by atomic mass is 9.87. The van der Waals surface area contributed by atoms with Crippen LogP contribution < -0.4 is 0 Å². The summed E-state index contributed by atoms with van der Waals surface area (Å²) in [5.41, 5.74) is -0.514. The fourth-order valence-corrected chi connectivity index (χ4v) is 1.16. The van der Waals surface area contributed by atoms with Crippen LogP contribution in [0.1, 0.15) is 20.3 Å². The Labute approximate surface area is 81.2 Å². The smallest absolute Gasteiger partial charge is 0.159 e. The second-order valence-electron chi connectivity index (χ2n) is 3.43. The Morgan fingerprint density at radius 3 is 2.50 bits per heavy atom. The Balaban J connectivity index is 4.11. The molecule has 1 unspecified atom stereocenters. The van der Waals surface area contributed by atoms with Gasteiger partial charge in [0.2, 0.25) is 0 Å². The number of carbonyl (C=O) groups is 1. The van der Waals surface area contributed by atoms with Gasteiger partial charge in [-0.2, -0.15) is 0 Å². The normalized spacial score (nSPS) is 14.4. The van der Waals surface area contributed by atoms with Gasteiger partial charge in [-0.25, -0.2) is 0 Å². The number of aliphatic hydroxyl groups is 1. The molecule has 0 aliphatic rings. The van der Waals surface area contributed by atoms with Crippen molar-refractivity contribution in [1.29, 1.82) is 0 Å². The van der Waals surface area contributed by atoms with Crippen molar-refractivity contribution < 1.29 is 14.6 Å². The lowest BCUT2D eigenvalue weighted by molar-refractivity contribution is -0.154. The number of rotatable bonds is 5. The minimum absolute atomic E-state index is 0.0658. The van der Waals surface area contributed by atoms with Crippen LogP contribution in [-0.4, -0.2) is 29.6 Å². The van der Waals surface area contributed by atoms with Crippen LogP contribution in [-0.2, 0) is 9.53 Å². The zero-order valence-electron chi connectivity index (χ0n) is 7.63. The molecule has 0 aromatic rings. The number of hydrogen-bond donors (Lipinski definition) is 1. The second kappa shape index (κ2) is 4.94. The highest BCUT2D eigenvalue weighted by Gasteiger charge is 2.29. The van der Waals surface area contributed by atoms with Gasteiger partial charge < -0.3 is 9.84 Å². The van der Waals surface area contributed by atoms with Gasteiger partial charge in [-0.05, 0) is 0 Å². The third-order valence-electron chi connectivity index (χ3n) is 1.69. The van der Waals surface area contributed by atoms with E-state index in [4.69, 9.17) is 4.74 Å². The van der Waals surface area contributed by atoms with E-state index in [-0.39, 0.29) is 5.78 Å². The molecule has 0 fully saturated rings. The summed E-state index contributed by atoms with van der Waals surface area (Å²) in [4.78, 5) is 11.0. The number of carbonyl (C=O) groups excluding carboxylic acids is 1. The Hall–Kier alpha value is 0.0700. The molecule has 4 heteroatoms. The summed E-state index contributed by atoms with van der Waals surface area (Å²) < 4.78 is 4.75. The Morgan fingerprint density at radius 2 is 2.17 bits per heavy atom. The number of hydrogen-bond acceptors (Lipinski definition) is 3. The van der Waals surface area contributed by atoms with Crippen LogP contribution in [0.15, 0.2) is 0 Å². The molecule has 0 aromatic carbocycles. The molecule has 0 aliphatic carbocycles. The van der Waals surface area contributed by atoms with E-state index in [9.17, 15) is 9.90 Å². The SMILES string of the molecule is COC(O)C(C)(C)CC(=O)CBr. The molecule has 1 N–H and O–H groups in total. The molecule has 0 saturated heterocycles. The molecule has 0 rings (SSSR count). The van der Waals surface area contributed by atoms with E-state index >= 15 is 0 Å². The van der Waals surface area contributed by atoms with E-state index in [0.29, 0.717) is 11.8 Å². The highest BCUT2D eigenvalue weighted by atomic mass is 79.9. The van der Waals surface area contributed by atoms with Gasteiger partial charge in [-0.3, -0.25) is 4.79 Å². The van der Waals surface area contributed by atoms with Crippen molar-refractivity contribution >= 4 is 21.7 Å². The molecule has 0 spiro atoms. The Morgan fingerprint density at radius 1 is 1.67 bits per heavy atom. The minimum Gasteiger partial charge on any atom is -0.368 e. The molecule has 0 aromatic heterocycles. The van der Waals surface area contributed by atoms with Crippen LogP contribution in [0, 0.1) is 5.41 Å². The number of aliphatic hydroxyl groups excluding tert-OH is 1. The van der Waals surface area contributed by atoms with Gasteiger partial charge in [0.15, 0.2) is 6.29 Å². The van der Waals surface area contributed by atoms with Crippen molar-refractivity contribution in [3.05, 3.63) is 0 Å². The molecule has 12 heavy (non-hydrogen) atoms. The summed E-state index contributed by atoms with van der Waals surface area (Å²) in [6.45, 7) is 3.59. The minimum atomic E-state index is -0.888. The third kappa shape index (κ3) is 3.65. The number of ether oxygens (including phenoxy) is 1. The number of Topliss-reactive ketones (excluding diaryl/α,β-unsaturated/α-hetero) is 1. The van der Waals surface area contributed by atoms with Gasteiger partial charge in [-0.1, -0.05) is 29.8 Å². The van der Waals surface area contributed by atoms with Crippen LogP contribution in [0.25, 0.3) is 0 Å². The zero-order chi connectivity index (χ0) is 9.78. The first-order valence-electron chi connectivity index (χ1n) is 3.72. The van der Waals surface area contributed by atoms with Gasteiger partial charge >= 0.3 is 0 Å². The van der Waals surface area contributed by atoms with Crippen molar-refractivity contribution in [1.82, 2.24) is 0 Å². The van der Waals surface area contributed by atoms with Gasteiger partial charge in [0.05, 0.1) is 5.33 Å². The van der Waals surface area contributed by atoms with E-state index in [1.165, 1.54) is 7.11 Å². The summed E-state index contributed by atoms with van der Waals surface area (Å²) in [7, 11) is 1.42. The molecular formula is C8H15BrO3. The van der Waals surface area contributed by atoms with Crippen LogP contribution in [0.2, 0.25) is 0 Å². The highest BCUT2D eigenvalue weighted by molar-refractivity contribution is 9.09. The first-order chi connectivity index (χ1) is 5.44. The van der Waals surface area contributed by atoms with Crippen LogP contribution in [0.4, 0.5) is 0 Å². The summed E-state index contributed by atoms with van der Waals surface area (Å²) in [5, 5.41) is 9.67. The number of ketones is 1. The molecule has 0 bridgehead atoms. The van der Waals surface area contributed by atoms with E-state index in [2.05, 4.69) is 15.9 Å². The molecule has 0 heterocycles. The molecular weight excluding hydrogens is 224 g/mol. The first-order valence-corrected chi connectivity index (χ1v) is 4.84. The predicted octanol–water partition coefficient (Wildman–Crippen LogP) is 1.33. The maximum atomic E-state index is 11.0. The predicted molar refractivity (Wildman–Crippen MR) is 50.2 cm³/mol. The molecule has 0 amide bonds. The van der Waals surface area contributed by atoms with Crippen LogP contribution in [0.3, 0.4) is 0 Å².